The molecule has 184 valence electrons. The zero-order valence-electron chi connectivity index (χ0n) is 18.9. The molecule has 0 saturated carbocycles. The summed E-state index contributed by atoms with van der Waals surface area (Å²) in [7, 11) is 0. The van der Waals surface area contributed by atoms with Crippen molar-refractivity contribution in [3.05, 3.63) is 28.8 Å². The molecular weight excluding hydrogens is 459 g/mol. The first-order chi connectivity index (χ1) is 15.7. The Morgan fingerprint density at radius 3 is 2.52 bits per heavy atom. The summed E-state index contributed by atoms with van der Waals surface area (Å²) in [5.41, 5.74) is 2.04. The molecule has 0 N–H and O–H groups in total. The fraction of sp³-hybridized carbons (Fsp3) is 0.696. The smallest absolute Gasteiger partial charge is 0.425 e. The first kappa shape index (κ1) is 24.4. The summed E-state index contributed by atoms with van der Waals surface area (Å²) < 4.78 is 48.3. The molecule has 1 aromatic rings. The van der Waals surface area contributed by atoms with Crippen LogP contribution < -0.4 is 4.90 Å². The monoisotopic (exact) mass is 489 g/mol. The fourth-order valence-electron chi connectivity index (χ4n) is 5.15. The number of hydrogen-bond donors (Lipinski definition) is 0. The van der Waals surface area contributed by atoms with Crippen LogP contribution in [-0.4, -0.2) is 79.6 Å². The molecule has 3 aliphatic heterocycles. The predicted molar refractivity (Wildman–Crippen MR) is 120 cm³/mol. The number of carbonyl (C=O) groups excluding carboxylic acids is 1. The molecule has 0 aromatic heterocycles. The Morgan fingerprint density at radius 1 is 1.15 bits per heavy atom. The van der Waals surface area contributed by atoms with Crippen molar-refractivity contribution in [3.63, 3.8) is 0 Å². The molecule has 6 nitrogen and oxygen atoms in total. The lowest BCUT2D eigenvalue weighted by atomic mass is 9.85. The van der Waals surface area contributed by atoms with Gasteiger partial charge in [-0.1, -0.05) is 23.7 Å². The van der Waals surface area contributed by atoms with Crippen molar-refractivity contribution in [2.75, 3.05) is 50.8 Å². The van der Waals surface area contributed by atoms with Gasteiger partial charge in [0, 0.05) is 38.3 Å². The highest BCUT2D eigenvalue weighted by molar-refractivity contribution is 6.34. The average molecular weight is 490 g/mol. The Morgan fingerprint density at radius 2 is 1.85 bits per heavy atom. The lowest BCUT2D eigenvalue weighted by Crippen LogP contribution is -2.53. The third-order valence-electron chi connectivity index (χ3n) is 7.20. The highest BCUT2D eigenvalue weighted by Gasteiger charge is 2.45. The minimum atomic E-state index is -4.55. The number of rotatable bonds is 4. The van der Waals surface area contributed by atoms with E-state index < -0.39 is 18.4 Å². The molecule has 0 bridgehead atoms. The maximum Gasteiger partial charge on any atom is 0.425 e. The van der Waals surface area contributed by atoms with Gasteiger partial charge >= 0.3 is 12.3 Å². The Balaban J connectivity index is 1.39. The molecule has 3 saturated heterocycles. The summed E-state index contributed by atoms with van der Waals surface area (Å²) in [6, 6.07) is 6.14. The first-order valence-electron chi connectivity index (χ1n) is 11.6. The number of piperidine rings is 1. The van der Waals surface area contributed by atoms with Gasteiger partial charge in [-0.05, 0) is 50.8 Å². The highest BCUT2D eigenvalue weighted by Crippen LogP contribution is 2.41. The molecule has 4 rings (SSSR count). The van der Waals surface area contributed by atoms with Crippen molar-refractivity contribution >= 4 is 23.4 Å². The van der Waals surface area contributed by atoms with Crippen LogP contribution in [0.25, 0.3) is 0 Å². The van der Waals surface area contributed by atoms with E-state index in [-0.39, 0.29) is 5.54 Å². The first-order valence-corrected chi connectivity index (χ1v) is 11.9. The van der Waals surface area contributed by atoms with Crippen molar-refractivity contribution in [1.29, 1.82) is 0 Å². The Hall–Kier alpha value is -1.71. The van der Waals surface area contributed by atoms with Crippen LogP contribution in [0.3, 0.4) is 0 Å². The molecule has 1 atom stereocenters. The Kier molecular flexibility index (Phi) is 7.31. The summed E-state index contributed by atoms with van der Waals surface area (Å²) in [6.45, 7) is 6.30. The summed E-state index contributed by atoms with van der Waals surface area (Å²) in [5, 5.41) is 0.767. The number of likely N-dealkylation sites (tertiary alicyclic amines) is 2. The maximum absolute atomic E-state index is 12.7. The van der Waals surface area contributed by atoms with E-state index >= 15 is 0 Å². The summed E-state index contributed by atoms with van der Waals surface area (Å²) >= 11 is 6.83. The molecule has 1 amide bonds. The minimum Gasteiger partial charge on any atom is -0.437 e. The van der Waals surface area contributed by atoms with E-state index in [9.17, 15) is 18.0 Å². The summed E-state index contributed by atoms with van der Waals surface area (Å²) in [5.74, 6) is 0. The molecular formula is C23H31ClF3N3O3. The second kappa shape index (κ2) is 9.88. The van der Waals surface area contributed by atoms with E-state index in [0.717, 1.165) is 55.7 Å². The SMILES string of the molecule is CC(OC(=O)N1CCC2(CCCN2Cc2cccc(N3CCOCC3)c2Cl)CC1)C(F)(F)F. The number of nitrogens with zero attached hydrogens (tertiary/aromatic N) is 3. The number of carbonyl (C=O) groups is 1. The average Bonchev–Trinajstić information content (AvgIpc) is 3.17. The number of ether oxygens (including phenoxy) is 2. The number of morpholine rings is 1. The fourth-order valence-corrected chi connectivity index (χ4v) is 5.45. The molecule has 3 heterocycles. The van der Waals surface area contributed by atoms with E-state index in [0.29, 0.717) is 45.7 Å². The van der Waals surface area contributed by atoms with Crippen molar-refractivity contribution in [3.8, 4) is 0 Å². The standard InChI is InChI=1S/C23H31ClF3N3O3/c1-17(23(25,26)27)33-21(31)29-10-7-22(8-11-29)6-3-9-30(22)16-18-4-2-5-19(20(18)24)28-12-14-32-15-13-28/h2,4-5,17H,3,6-16H2,1H3. The van der Waals surface area contributed by atoms with Crippen LogP contribution in [0.15, 0.2) is 18.2 Å². The Bertz CT molecular complexity index is 840. The molecule has 1 aromatic carbocycles. The lowest BCUT2D eigenvalue weighted by Gasteiger charge is -2.45. The van der Waals surface area contributed by atoms with Gasteiger partial charge in [0.25, 0.3) is 0 Å². The van der Waals surface area contributed by atoms with Gasteiger partial charge in [0.1, 0.15) is 0 Å². The van der Waals surface area contributed by atoms with E-state index in [4.69, 9.17) is 16.3 Å². The van der Waals surface area contributed by atoms with Crippen molar-refractivity contribution in [1.82, 2.24) is 9.80 Å². The minimum absolute atomic E-state index is 0.0648. The lowest BCUT2D eigenvalue weighted by molar-refractivity contribution is -0.200. The van der Waals surface area contributed by atoms with Crippen LogP contribution in [0, 0.1) is 0 Å². The zero-order valence-corrected chi connectivity index (χ0v) is 19.6. The normalized spacial score (nSPS) is 22.6. The van der Waals surface area contributed by atoms with Gasteiger partial charge < -0.3 is 19.3 Å². The molecule has 0 radical (unpaired) electrons. The van der Waals surface area contributed by atoms with E-state index in [1.54, 1.807) is 0 Å². The van der Waals surface area contributed by atoms with Crippen LogP contribution in [0.5, 0.6) is 0 Å². The third kappa shape index (κ3) is 5.35. The quantitative estimate of drug-likeness (QED) is 0.613. The highest BCUT2D eigenvalue weighted by atomic mass is 35.5. The van der Waals surface area contributed by atoms with Gasteiger partial charge in [-0.3, -0.25) is 4.90 Å². The van der Waals surface area contributed by atoms with Crippen molar-refractivity contribution in [2.45, 2.75) is 57.0 Å². The van der Waals surface area contributed by atoms with Gasteiger partial charge in [0.2, 0.25) is 0 Å². The van der Waals surface area contributed by atoms with E-state index in [2.05, 4.69) is 20.6 Å². The molecule has 0 aliphatic carbocycles. The summed E-state index contributed by atoms with van der Waals surface area (Å²) in [6.07, 6.45) is -4.06. The van der Waals surface area contributed by atoms with Crippen LogP contribution in [0.4, 0.5) is 23.7 Å². The second-order valence-corrected chi connectivity index (χ2v) is 9.53. The van der Waals surface area contributed by atoms with Crippen LogP contribution in [-0.2, 0) is 16.0 Å². The number of alkyl halides is 3. The molecule has 3 fully saturated rings. The van der Waals surface area contributed by atoms with Gasteiger partial charge in [-0.15, -0.1) is 0 Å². The number of benzene rings is 1. The molecule has 33 heavy (non-hydrogen) atoms. The van der Waals surface area contributed by atoms with Crippen LogP contribution in [0.2, 0.25) is 5.02 Å². The van der Waals surface area contributed by atoms with Gasteiger partial charge in [-0.25, -0.2) is 4.79 Å². The van der Waals surface area contributed by atoms with Crippen molar-refractivity contribution in [2.24, 2.45) is 0 Å². The maximum atomic E-state index is 12.7. The zero-order chi connectivity index (χ0) is 23.6. The van der Waals surface area contributed by atoms with Gasteiger partial charge in [-0.2, -0.15) is 13.2 Å². The number of amides is 1. The summed E-state index contributed by atoms with van der Waals surface area (Å²) in [4.78, 5) is 18.3. The van der Waals surface area contributed by atoms with Crippen LogP contribution >= 0.6 is 11.6 Å². The molecule has 3 aliphatic rings. The molecule has 1 unspecified atom stereocenters. The number of anilines is 1. The van der Waals surface area contributed by atoms with Crippen molar-refractivity contribution < 1.29 is 27.4 Å². The van der Waals surface area contributed by atoms with Gasteiger partial charge in [0.05, 0.1) is 23.9 Å². The number of halogens is 4. The Labute approximate surface area is 197 Å². The molecule has 10 heteroatoms. The number of hydrogen-bond acceptors (Lipinski definition) is 5. The topological polar surface area (TPSA) is 45.2 Å². The molecule has 1 spiro atoms. The van der Waals surface area contributed by atoms with Crippen LogP contribution in [0.1, 0.15) is 38.2 Å². The predicted octanol–water partition coefficient (Wildman–Crippen LogP) is 4.69. The van der Waals surface area contributed by atoms with E-state index in [1.807, 2.05) is 12.1 Å². The largest absolute Gasteiger partial charge is 0.437 e. The second-order valence-electron chi connectivity index (χ2n) is 9.15. The van der Waals surface area contributed by atoms with E-state index in [1.165, 1.54) is 4.90 Å². The third-order valence-corrected chi connectivity index (χ3v) is 7.64. The van der Waals surface area contributed by atoms with Gasteiger partial charge in [0.15, 0.2) is 6.10 Å².